The van der Waals surface area contributed by atoms with Crippen LogP contribution in [0, 0.1) is 0 Å². The van der Waals surface area contributed by atoms with Crippen LogP contribution in [0.1, 0.15) is 12.8 Å². The van der Waals surface area contributed by atoms with Crippen molar-refractivity contribution < 1.29 is 0 Å². The number of nitrogens with one attached hydrogen (secondary N) is 1. The normalized spacial score (nSPS) is 27.4. The highest BCUT2D eigenvalue weighted by molar-refractivity contribution is 6.30. The second kappa shape index (κ2) is 4.08. The van der Waals surface area contributed by atoms with Crippen LogP contribution in [0.25, 0.3) is 10.9 Å². The molecule has 100 valence electrons. The summed E-state index contributed by atoms with van der Waals surface area (Å²) >= 11 is 5.92. The van der Waals surface area contributed by atoms with Crippen molar-refractivity contribution in [2.24, 2.45) is 0 Å². The van der Waals surface area contributed by atoms with Crippen molar-refractivity contribution >= 4 is 28.3 Å². The quantitative estimate of drug-likeness (QED) is 0.809. The zero-order valence-corrected chi connectivity index (χ0v) is 11.6. The number of likely N-dealkylation sites (N-methyl/N-ethyl adjacent to an activating group) is 1. The van der Waals surface area contributed by atoms with E-state index in [1.165, 1.54) is 12.8 Å². The Kier molecular flexibility index (Phi) is 2.47. The maximum absolute atomic E-state index is 5.92. The number of aromatic amines is 1. The Hall–Kier alpha value is -1.33. The summed E-state index contributed by atoms with van der Waals surface area (Å²) in [6.45, 7) is 2.18. The van der Waals surface area contributed by atoms with Crippen molar-refractivity contribution in [1.29, 1.82) is 0 Å². The van der Waals surface area contributed by atoms with Gasteiger partial charge in [-0.3, -0.25) is 10.00 Å². The van der Waals surface area contributed by atoms with Crippen LogP contribution < -0.4 is 4.90 Å². The molecule has 5 rings (SSSR count). The first-order valence-electron chi connectivity index (χ1n) is 6.69. The molecule has 0 aliphatic carbocycles. The summed E-state index contributed by atoms with van der Waals surface area (Å²) in [5.74, 6) is 1.03. The van der Waals surface area contributed by atoms with E-state index in [1.807, 2.05) is 12.3 Å². The first-order chi connectivity index (χ1) is 9.22. The summed E-state index contributed by atoms with van der Waals surface area (Å²) in [4.78, 5) is 9.08. The monoisotopic (exact) mass is 277 g/mol. The minimum Gasteiger partial charge on any atom is -0.349 e. The molecule has 0 radical (unpaired) electrons. The van der Waals surface area contributed by atoms with Crippen LogP contribution in [0.3, 0.4) is 0 Å². The molecular weight excluding hydrogens is 262 g/mol. The molecule has 5 nitrogen and oxygen atoms in total. The third-order valence-corrected chi connectivity index (χ3v) is 4.68. The van der Waals surface area contributed by atoms with Crippen LogP contribution in [0.15, 0.2) is 12.3 Å². The third kappa shape index (κ3) is 1.72. The lowest BCUT2D eigenvalue weighted by atomic mass is 9.91. The van der Waals surface area contributed by atoms with E-state index in [4.69, 9.17) is 11.6 Å². The summed E-state index contributed by atoms with van der Waals surface area (Å²) in [6.07, 6.45) is 4.37. The minimum atomic E-state index is 0.502. The van der Waals surface area contributed by atoms with E-state index in [9.17, 15) is 0 Å². The fraction of sp³-hybridized carbons (Fsp3) is 0.538. The number of pyridine rings is 1. The topological polar surface area (TPSA) is 48.0 Å². The largest absolute Gasteiger partial charge is 0.349 e. The Morgan fingerprint density at radius 3 is 2.89 bits per heavy atom. The maximum Gasteiger partial charge on any atom is 0.160 e. The number of hydrogen-bond acceptors (Lipinski definition) is 4. The van der Waals surface area contributed by atoms with Crippen molar-refractivity contribution in [3.05, 3.63) is 17.4 Å². The van der Waals surface area contributed by atoms with Crippen LogP contribution in [-0.2, 0) is 0 Å². The van der Waals surface area contributed by atoms with Gasteiger partial charge in [-0.2, -0.15) is 5.10 Å². The zero-order valence-electron chi connectivity index (χ0n) is 10.8. The smallest absolute Gasteiger partial charge is 0.160 e. The van der Waals surface area contributed by atoms with E-state index in [0.717, 1.165) is 29.8 Å². The van der Waals surface area contributed by atoms with Gasteiger partial charge in [0.25, 0.3) is 0 Å². The minimum absolute atomic E-state index is 0.502. The Bertz CT molecular complexity index is 625. The number of fused-ring (bicyclic) bond motifs is 4. The van der Waals surface area contributed by atoms with Crippen molar-refractivity contribution in [1.82, 2.24) is 20.1 Å². The highest BCUT2D eigenvalue weighted by Gasteiger charge is 2.38. The molecule has 5 heterocycles. The molecule has 3 aliphatic rings. The Morgan fingerprint density at radius 1 is 1.32 bits per heavy atom. The first kappa shape index (κ1) is 11.5. The summed E-state index contributed by atoms with van der Waals surface area (Å²) < 4.78 is 0. The number of rotatable bonds is 1. The summed E-state index contributed by atoms with van der Waals surface area (Å²) in [5, 5.41) is 9.13. The van der Waals surface area contributed by atoms with Gasteiger partial charge in [0, 0.05) is 37.4 Å². The van der Waals surface area contributed by atoms with E-state index in [1.54, 1.807) is 0 Å². The van der Waals surface area contributed by atoms with Crippen molar-refractivity contribution in [2.75, 3.05) is 25.0 Å². The fourth-order valence-corrected chi connectivity index (χ4v) is 3.55. The molecule has 3 saturated heterocycles. The van der Waals surface area contributed by atoms with Gasteiger partial charge in [0.05, 0.1) is 10.9 Å². The number of hydrogen-bond donors (Lipinski definition) is 1. The molecule has 0 amide bonds. The van der Waals surface area contributed by atoms with Crippen LogP contribution in [0.5, 0.6) is 0 Å². The lowest BCUT2D eigenvalue weighted by molar-refractivity contribution is 0.125. The molecule has 19 heavy (non-hydrogen) atoms. The van der Waals surface area contributed by atoms with E-state index in [0.29, 0.717) is 17.2 Å². The standard InChI is InChI=1S/C13H16ClN5/c1-18-6-9-3-2-8(18)7-19(9)13-10-5-15-12(14)4-11(10)16-17-13/h4-5,8-9H,2-3,6-7H2,1H3,(H,16,17). The van der Waals surface area contributed by atoms with Gasteiger partial charge in [0.1, 0.15) is 5.15 Å². The molecule has 2 aromatic heterocycles. The van der Waals surface area contributed by atoms with Gasteiger partial charge < -0.3 is 4.90 Å². The molecule has 0 saturated carbocycles. The van der Waals surface area contributed by atoms with Gasteiger partial charge in [0.15, 0.2) is 5.82 Å². The van der Waals surface area contributed by atoms with Gasteiger partial charge >= 0.3 is 0 Å². The predicted octanol–water partition coefficient (Wildman–Crippen LogP) is 1.89. The number of halogens is 1. The van der Waals surface area contributed by atoms with Crippen molar-refractivity contribution in [2.45, 2.75) is 24.9 Å². The fourth-order valence-electron chi connectivity index (χ4n) is 3.39. The van der Waals surface area contributed by atoms with Gasteiger partial charge in [-0.1, -0.05) is 11.6 Å². The molecule has 3 fully saturated rings. The number of H-pyrrole nitrogens is 1. The molecule has 3 aliphatic heterocycles. The van der Waals surface area contributed by atoms with E-state index in [2.05, 4.69) is 32.0 Å². The molecule has 2 atom stereocenters. The summed E-state index contributed by atoms with van der Waals surface area (Å²) in [7, 11) is 2.22. The average molecular weight is 278 g/mol. The second-order valence-electron chi connectivity index (χ2n) is 5.58. The lowest BCUT2D eigenvalue weighted by Gasteiger charge is -2.50. The zero-order chi connectivity index (χ0) is 13.0. The van der Waals surface area contributed by atoms with Crippen LogP contribution in [0.4, 0.5) is 5.82 Å². The van der Waals surface area contributed by atoms with Crippen LogP contribution >= 0.6 is 11.6 Å². The first-order valence-corrected chi connectivity index (χ1v) is 7.06. The molecule has 2 aromatic rings. The average Bonchev–Trinajstić information content (AvgIpc) is 2.82. The van der Waals surface area contributed by atoms with Gasteiger partial charge in [-0.05, 0) is 19.9 Å². The number of nitrogens with zero attached hydrogens (tertiary/aromatic N) is 4. The van der Waals surface area contributed by atoms with Crippen LogP contribution in [-0.4, -0.2) is 52.3 Å². The SMILES string of the molecule is CN1CC2CCC1CN2c1n[nH]c2cc(Cl)ncc12. The number of piperidine rings is 2. The molecule has 0 spiro atoms. The third-order valence-electron chi connectivity index (χ3n) is 4.47. The highest BCUT2D eigenvalue weighted by atomic mass is 35.5. The maximum atomic E-state index is 5.92. The van der Waals surface area contributed by atoms with Crippen molar-refractivity contribution in [3.8, 4) is 0 Å². The van der Waals surface area contributed by atoms with Gasteiger partial charge in [-0.25, -0.2) is 4.98 Å². The molecule has 6 heteroatoms. The Labute approximate surface area is 116 Å². The Balaban J connectivity index is 1.75. The lowest BCUT2D eigenvalue weighted by Crippen LogP contribution is -2.61. The molecule has 2 bridgehead atoms. The number of aromatic nitrogens is 3. The predicted molar refractivity (Wildman–Crippen MR) is 75.7 cm³/mol. The Morgan fingerprint density at radius 2 is 2.16 bits per heavy atom. The van der Waals surface area contributed by atoms with Crippen LogP contribution in [0.2, 0.25) is 5.15 Å². The second-order valence-corrected chi connectivity index (χ2v) is 5.96. The summed E-state index contributed by atoms with van der Waals surface area (Å²) in [6, 6.07) is 3.05. The van der Waals surface area contributed by atoms with Crippen molar-refractivity contribution in [3.63, 3.8) is 0 Å². The van der Waals surface area contributed by atoms with E-state index >= 15 is 0 Å². The van der Waals surface area contributed by atoms with E-state index < -0.39 is 0 Å². The van der Waals surface area contributed by atoms with Gasteiger partial charge in [0.2, 0.25) is 0 Å². The molecule has 2 unspecified atom stereocenters. The van der Waals surface area contributed by atoms with E-state index in [-0.39, 0.29) is 0 Å². The number of piperazine rings is 1. The summed E-state index contributed by atoms with van der Waals surface area (Å²) in [5.41, 5.74) is 0.963. The van der Waals surface area contributed by atoms with Gasteiger partial charge in [-0.15, -0.1) is 0 Å². The molecular formula is C13H16ClN5. The number of anilines is 1. The highest BCUT2D eigenvalue weighted by Crippen LogP contribution is 2.34. The molecule has 0 aromatic carbocycles. The molecule has 1 N–H and O–H groups in total.